The summed E-state index contributed by atoms with van der Waals surface area (Å²) in [5, 5.41) is 18.5. The average molecular weight is 398 g/mol. The van der Waals surface area contributed by atoms with E-state index in [0.29, 0.717) is 29.0 Å². The lowest BCUT2D eigenvalue weighted by molar-refractivity contribution is -0.384. The molecule has 0 amide bonds. The van der Waals surface area contributed by atoms with Gasteiger partial charge in [0, 0.05) is 40.4 Å². The third kappa shape index (κ3) is 3.24. The Kier molecular flexibility index (Phi) is 4.38. The predicted molar refractivity (Wildman–Crippen MR) is 110 cm³/mol. The minimum Gasteiger partial charge on any atom is -0.372 e. The van der Waals surface area contributed by atoms with Crippen molar-refractivity contribution in [1.29, 1.82) is 0 Å². The normalized spacial score (nSPS) is 20.4. The molecule has 1 heterocycles. The molecule has 2 aromatic carbocycles. The molecule has 2 N–H and O–H groups in total. The zero-order valence-electron chi connectivity index (χ0n) is 15.6. The molecule has 0 spiro atoms. The van der Waals surface area contributed by atoms with Crippen LogP contribution in [0.2, 0.25) is 5.02 Å². The zero-order chi connectivity index (χ0) is 20.1. The Morgan fingerprint density at radius 3 is 2.57 bits per heavy atom. The maximum absolute atomic E-state index is 13.1. The molecule has 7 heteroatoms. The van der Waals surface area contributed by atoms with Gasteiger partial charge in [0.25, 0.3) is 5.69 Å². The molecule has 0 fully saturated rings. The van der Waals surface area contributed by atoms with Crippen LogP contribution in [0.25, 0.3) is 0 Å². The van der Waals surface area contributed by atoms with E-state index in [1.165, 1.54) is 18.2 Å². The van der Waals surface area contributed by atoms with Crippen LogP contribution in [0, 0.1) is 15.5 Å². The van der Waals surface area contributed by atoms with Crippen molar-refractivity contribution in [1.82, 2.24) is 0 Å². The Labute approximate surface area is 167 Å². The molecule has 4 rings (SSSR count). The summed E-state index contributed by atoms with van der Waals surface area (Å²) in [4.78, 5) is 24.0. The van der Waals surface area contributed by atoms with Crippen LogP contribution >= 0.6 is 11.6 Å². The number of halogens is 1. The lowest BCUT2D eigenvalue weighted by Gasteiger charge is -2.34. The van der Waals surface area contributed by atoms with Gasteiger partial charge in [-0.2, -0.15) is 0 Å². The van der Waals surface area contributed by atoms with Gasteiger partial charge in [-0.05, 0) is 30.0 Å². The van der Waals surface area contributed by atoms with Gasteiger partial charge >= 0.3 is 0 Å². The second-order valence-corrected chi connectivity index (χ2v) is 8.45. The highest BCUT2D eigenvalue weighted by atomic mass is 35.5. The topological polar surface area (TPSA) is 84.3 Å². The number of carbonyl (C=O) groups is 1. The fourth-order valence-electron chi connectivity index (χ4n) is 3.99. The van der Waals surface area contributed by atoms with Crippen LogP contribution in [-0.2, 0) is 4.79 Å². The number of fused-ring (bicyclic) bond motifs is 1. The summed E-state index contributed by atoms with van der Waals surface area (Å²) in [6.07, 6.45) is 1.11. The molecule has 0 saturated heterocycles. The maximum Gasteiger partial charge on any atom is 0.269 e. The van der Waals surface area contributed by atoms with E-state index in [4.69, 9.17) is 11.6 Å². The zero-order valence-corrected chi connectivity index (χ0v) is 16.3. The molecule has 2 aromatic rings. The van der Waals surface area contributed by atoms with Crippen LogP contribution in [0.5, 0.6) is 0 Å². The second kappa shape index (κ2) is 6.63. The molecular formula is C21H20ClN3O3. The van der Waals surface area contributed by atoms with Crippen molar-refractivity contribution >= 4 is 34.4 Å². The number of Topliss-reactive ketones (excluding diaryl/α,β-unsaturated/α-hetero) is 1. The number of nitrogens with one attached hydrogen (secondary N) is 2. The molecular weight excluding hydrogens is 378 g/mol. The third-order valence-corrected chi connectivity index (χ3v) is 5.57. The Hall–Kier alpha value is -2.86. The summed E-state index contributed by atoms with van der Waals surface area (Å²) >= 11 is 6.43. The average Bonchev–Trinajstić information content (AvgIpc) is 2.77. The molecule has 2 aliphatic rings. The summed E-state index contributed by atoms with van der Waals surface area (Å²) in [5.74, 6) is 0.0200. The first-order valence-corrected chi connectivity index (χ1v) is 9.46. The number of hydrogen-bond acceptors (Lipinski definition) is 5. The highest BCUT2D eigenvalue weighted by Gasteiger charge is 2.39. The number of rotatable bonds is 2. The van der Waals surface area contributed by atoms with Crippen LogP contribution in [0.1, 0.15) is 38.3 Å². The van der Waals surface area contributed by atoms with Crippen molar-refractivity contribution in [3.63, 3.8) is 0 Å². The summed E-state index contributed by atoms with van der Waals surface area (Å²) in [6, 6.07) is 11.4. The van der Waals surface area contributed by atoms with E-state index in [1.54, 1.807) is 0 Å². The summed E-state index contributed by atoms with van der Waals surface area (Å²) in [6.45, 7) is 4.13. The van der Waals surface area contributed by atoms with Crippen molar-refractivity contribution < 1.29 is 9.72 Å². The van der Waals surface area contributed by atoms with E-state index in [1.807, 2.05) is 24.3 Å². The molecule has 0 unspecified atom stereocenters. The number of non-ortho nitro benzene ring substituents is 1. The van der Waals surface area contributed by atoms with Crippen LogP contribution < -0.4 is 10.6 Å². The largest absolute Gasteiger partial charge is 0.372 e. The van der Waals surface area contributed by atoms with Crippen LogP contribution in [0.4, 0.5) is 17.1 Å². The van der Waals surface area contributed by atoms with Gasteiger partial charge in [0.15, 0.2) is 5.78 Å². The SMILES string of the molecule is CC1(C)CC(=O)C2=C(C1)Nc1ccccc1N[C@@H]2c1cc([N+](=O)[O-])ccc1Cl. The van der Waals surface area contributed by atoms with Crippen molar-refractivity contribution in [3.8, 4) is 0 Å². The number of nitro benzene ring substituents is 1. The molecule has 144 valence electrons. The standard InChI is InChI=1S/C21H20ClN3O3/c1-21(2)10-17-19(18(26)11-21)20(24-16-6-4-3-5-15(16)23-17)13-9-12(25(27)28)7-8-14(13)22/h3-9,20,23-24H,10-11H2,1-2H3/t20-/m1/s1. The monoisotopic (exact) mass is 397 g/mol. The van der Waals surface area contributed by atoms with Crippen LogP contribution in [0.3, 0.4) is 0 Å². The van der Waals surface area contributed by atoms with E-state index < -0.39 is 11.0 Å². The fourth-order valence-corrected chi connectivity index (χ4v) is 4.22. The Balaban J connectivity index is 1.93. The molecule has 28 heavy (non-hydrogen) atoms. The molecule has 0 aromatic heterocycles. The summed E-state index contributed by atoms with van der Waals surface area (Å²) < 4.78 is 0. The molecule has 1 aliphatic heterocycles. The van der Waals surface area contributed by atoms with E-state index >= 15 is 0 Å². The van der Waals surface area contributed by atoms with E-state index in [9.17, 15) is 14.9 Å². The smallest absolute Gasteiger partial charge is 0.269 e. The molecule has 0 radical (unpaired) electrons. The van der Waals surface area contributed by atoms with Crippen molar-refractivity contribution in [2.75, 3.05) is 10.6 Å². The number of nitro groups is 1. The minimum atomic E-state index is -0.567. The van der Waals surface area contributed by atoms with Crippen LogP contribution in [0.15, 0.2) is 53.7 Å². The number of carbonyl (C=O) groups excluding carboxylic acids is 1. The molecule has 1 aliphatic carbocycles. The van der Waals surface area contributed by atoms with Gasteiger partial charge in [0.05, 0.1) is 22.3 Å². The number of anilines is 2. The molecule has 0 bridgehead atoms. The first-order valence-electron chi connectivity index (χ1n) is 9.08. The first-order chi connectivity index (χ1) is 13.2. The minimum absolute atomic E-state index is 0.0200. The van der Waals surface area contributed by atoms with Gasteiger partial charge in [-0.1, -0.05) is 37.6 Å². The number of ketones is 1. The number of allylic oxidation sites excluding steroid dienone is 1. The number of nitrogens with zero attached hydrogens (tertiary/aromatic N) is 1. The van der Waals surface area contributed by atoms with Gasteiger partial charge in [-0.15, -0.1) is 0 Å². The fraction of sp³-hybridized carbons (Fsp3) is 0.286. The quantitative estimate of drug-likeness (QED) is 0.518. The van der Waals surface area contributed by atoms with Gasteiger partial charge in [-0.3, -0.25) is 14.9 Å². The number of hydrogen-bond donors (Lipinski definition) is 2. The van der Waals surface area contributed by atoms with E-state index in [-0.39, 0.29) is 16.9 Å². The molecule has 1 atom stereocenters. The van der Waals surface area contributed by atoms with Crippen LogP contribution in [-0.4, -0.2) is 10.7 Å². The lowest BCUT2D eigenvalue weighted by atomic mass is 9.73. The van der Waals surface area contributed by atoms with E-state index in [0.717, 1.165) is 17.1 Å². The Morgan fingerprint density at radius 1 is 1.14 bits per heavy atom. The Morgan fingerprint density at radius 2 is 1.86 bits per heavy atom. The second-order valence-electron chi connectivity index (χ2n) is 8.04. The summed E-state index contributed by atoms with van der Waals surface area (Å²) in [5.41, 5.74) is 3.41. The predicted octanol–water partition coefficient (Wildman–Crippen LogP) is 5.47. The van der Waals surface area contributed by atoms with Crippen molar-refractivity contribution in [2.45, 2.75) is 32.7 Å². The van der Waals surface area contributed by atoms with Gasteiger partial charge in [0.2, 0.25) is 0 Å². The molecule has 6 nitrogen and oxygen atoms in total. The van der Waals surface area contributed by atoms with Crippen molar-refractivity contribution in [3.05, 3.63) is 74.4 Å². The lowest BCUT2D eigenvalue weighted by Crippen LogP contribution is -2.31. The van der Waals surface area contributed by atoms with Gasteiger partial charge < -0.3 is 10.6 Å². The van der Waals surface area contributed by atoms with Crippen molar-refractivity contribution in [2.24, 2.45) is 5.41 Å². The third-order valence-electron chi connectivity index (χ3n) is 5.22. The molecule has 0 saturated carbocycles. The maximum atomic E-state index is 13.1. The van der Waals surface area contributed by atoms with E-state index in [2.05, 4.69) is 24.5 Å². The van der Waals surface area contributed by atoms with Gasteiger partial charge in [0.1, 0.15) is 0 Å². The highest BCUT2D eigenvalue weighted by Crippen LogP contribution is 2.46. The first kappa shape index (κ1) is 18.5. The van der Waals surface area contributed by atoms with Gasteiger partial charge in [-0.25, -0.2) is 0 Å². The highest BCUT2D eigenvalue weighted by molar-refractivity contribution is 6.31. The number of benzene rings is 2. The number of para-hydroxylation sites is 2. The summed E-state index contributed by atoms with van der Waals surface area (Å²) in [7, 11) is 0. The Bertz CT molecular complexity index is 1030.